The first-order valence-corrected chi connectivity index (χ1v) is 6.47. The standard InChI is InChI=1S/C14H18N2O5/c1-9-4-2-5-10(8-9)15-14(21)16-11(13(19)20)6-3-7-12(17)18/h2,4-5,8,11H,3,6-7H2,1H3,(H,17,18)(H,19,20)(H2,15,16,21). The first kappa shape index (κ1) is 16.5. The molecule has 1 unspecified atom stereocenters. The summed E-state index contributed by atoms with van der Waals surface area (Å²) in [6.07, 6.45) is 0.102. The van der Waals surface area contributed by atoms with Crippen molar-refractivity contribution in [2.45, 2.75) is 32.2 Å². The van der Waals surface area contributed by atoms with Crippen LogP contribution in [0.25, 0.3) is 0 Å². The number of carboxylic acid groups (broad SMARTS) is 2. The first-order chi connectivity index (χ1) is 9.88. The Bertz CT molecular complexity index is 530. The number of hydrogen-bond donors (Lipinski definition) is 4. The lowest BCUT2D eigenvalue weighted by Crippen LogP contribution is -2.43. The number of hydrogen-bond acceptors (Lipinski definition) is 3. The molecular formula is C14H18N2O5. The molecule has 0 heterocycles. The van der Waals surface area contributed by atoms with E-state index in [2.05, 4.69) is 10.6 Å². The highest BCUT2D eigenvalue weighted by molar-refractivity contribution is 5.92. The van der Waals surface area contributed by atoms with Crippen molar-refractivity contribution in [3.63, 3.8) is 0 Å². The minimum absolute atomic E-state index is 0.0584. The summed E-state index contributed by atoms with van der Waals surface area (Å²) in [5.74, 6) is -2.19. The number of nitrogens with one attached hydrogen (secondary N) is 2. The molecule has 0 saturated carbocycles. The normalized spacial score (nSPS) is 11.5. The van der Waals surface area contributed by atoms with Crippen LogP contribution in [0.15, 0.2) is 24.3 Å². The van der Waals surface area contributed by atoms with E-state index in [1.54, 1.807) is 18.2 Å². The number of amides is 2. The van der Waals surface area contributed by atoms with Gasteiger partial charge in [-0.05, 0) is 37.5 Å². The molecule has 0 aliphatic heterocycles. The SMILES string of the molecule is Cc1cccc(NC(=O)NC(CCCC(=O)O)C(=O)O)c1. The van der Waals surface area contributed by atoms with Gasteiger partial charge in [-0.1, -0.05) is 12.1 Å². The largest absolute Gasteiger partial charge is 0.481 e. The highest BCUT2D eigenvalue weighted by Crippen LogP contribution is 2.09. The molecule has 114 valence electrons. The van der Waals surface area contributed by atoms with Crippen LogP contribution in [0, 0.1) is 6.92 Å². The van der Waals surface area contributed by atoms with Crippen molar-refractivity contribution >= 4 is 23.7 Å². The van der Waals surface area contributed by atoms with Gasteiger partial charge < -0.3 is 20.8 Å². The molecule has 0 aromatic heterocycles. The van der Waals surface area contributed by atoms with Crippen molar-refractivity contribution in [2.75, 3.05) is 5.32 Å². The van der Waals surface area contributed by atoms with Gasteiger partial charge >= 0.3 is 18.0 Å². The van der Waals surface area contributed by atoms with E-state index in [9.17, 15) is 14.4 Å². The van der Waals surface area contributed by atoms with E-state index in [4.69, 9.17) is 10.2 Å². The molecule has 2 amide bonds. The van der Waals surface area contributed by atoms with Crippen LogP contribution in [0.2, 0.25) is 0 Å². The Morgan fingerprint density at radius 3 is 2.52 bits per heavy atom. The molecule has 0 saturated heterocycles. The number of carbonyl (C=O) groups excluding carboxylic acids is 1. The maximum atomic E-state index is 11.7. The van der Waals surface area contributed by atoms with E-state index in [1.165, 1.54) is 0 Å². The third-order valence-corrected chi connectivity index (χ3v) is 2.76. The van der Waals surface area contributed by atoms with Gasteiger partial charge in [-0.25, -0.2) is 9.59 Å². The van der Waals surface area contributed by atoms with E-state index >= 15 is 0 Å². The number of urea groups is 1. The summed E-state index contributed by atoms with van der Waals surface area (Å²) < 4.78 is 0. The third kappa shape index (κ3) is 6.42. The van der Waals surface area contributed by atoms with E-state index in [0.29, 0.717) is 5.69 Å². The van der Waals surface area contributed by atoms with Crippen molar-refractivity contribution in [1.82, 2.24) is 5.32 Å². The van der Waals surface area contributed by atoms with E-state index in [1.807, 2.05) is 13.0 Å². The van der Waals surface area contributed by atoms with Gasteiger partial charge in [0.05, 0.1) is 0 Å². The van der Waals surface area contributed by atoms with Gasteiger partial charge in [-0.15, -0.1) is 0 Å². The molecule has 1 atom stereocenters. The fourth-order valence-corrected chi connectivity index (χ4v) is 1.76. The smallest absolute Gasteiger partial charge is 0.326 e. The zero-order chi connectivity index (χ0) is 15.8. The summed E-state index contributed by atoms with van der Waals surface area (Å²) in [6, 6.07) is 5.33. The average molecular weight is 294 g/mol. The van der Waals surface area contributed by atoms with Gasteiger partial charge in [0.15, 0.2) is 0 Å². The Balaban J connectivity index is 2.52. The van der Waals surface area contributed by atoms with Crippen LogP contribution in [-0.2, 0) is 9.59 Å². The zero-order valence-electron chi connectivity index (χ0n) is 11.6. The second kappa shape index (κ2) is 7.88. The molecule has 0 bridgehead atoms. The lowest BCUT2D eigenvalue weighted by Gasteiger charge is -2.15. The topological polar surface area (TPSA) is 116 Å². The molecule has 0 aliphatic rings. The molecule has 0 radical (unpaired) electrons. The molecule has 1 aromatic rings. The molecule has 1 aromatic carbocycles. The molecule has 1 rings (SSSR count). The van der Waals surface area contributed by atoms with Crippen molar-refractivity contribution in [3.8, 4) is 0 Å². The molecule has 7 nitrogen and oxygen atoms in total. The average Bonchev–Trinajstić information content (AvgIpc) is 2.36. The van der Waals surface area contributed by atoms with Crippen LogP contribution in [-0.4, -0.2) is 34.2 Å². The van der Waals surface area contributed by atoms with E-state index in [-0.39, 0.29) is 19.3 Å². The van der Waals surface area contributed by atoms with Crippen LogP contribution in [0.4, 0.5) is 10.5 Å². The second-order valence-electron chi connectivity index (χ2n) is 4.64. The second-order valence-corrected chi connectivity index (χ2v) is 4.64. The number of aryl methyl sites for hydroxylation is 1. The minimum atomic E-state index is -1.19. The molecule has 21 heavy (non-hydrogen) atoms. The Morgan fingerprint density at radius 2 is 1.95 bits per heavy atom. The molecule has 7 heteroatoms. The minimum Gasteiger partial charge on any atom is -0.481 e. The molecule has 4 N–H and O–H groups in total. The zero-order valence-corrected chi connectivity index (χ0v) is 11.6. The molecular weight excluding hydrogens is 276 g/mol. The van der Waals surface area contributed by atoms with E-state index < -0.39 is 24.0 Å². The Hall–Kier alpha value is -2.57. The highest BCUT2D eigenvalue weighted by atomic mass is 16.4. The van der Waals surface area contributed by atoms with Crippen LogP contribution in [0.1, 0.15) is 24.8 Å². The number of aliphatic carboxylic acids is 2. The number of carbonyl (C=O) groups is 3. The fourth-order valence-electron chi connectivity index (χ4n) is 1.76. The maximum Gasteiger partial charge on any atom is 0.326 e. The van der Waals surface area contributed by atoms with Gasteiger partial charge in [0.1, 0.15) is 6.04 Å². The van der Waals surface area contributed by atoms with Crippen molar-refractivity contribution in [1.29, 1.82) is 0 Å². The van der Waals surface area contributed by atoms with Crippen LogP contribution in [0.3, 0.4) is 0 Å². The van der Waals surface area contributed by atoms with Gasteiger partial charge in [-0.3, -0.25) is 4.79 Å². The van der Waals surface area contributed by atoms with Gasteiger partial charge in [-0.2, -0.15) is 0 Å². The maximum absolute atomic E-state index is 11.7. The predicted molar refractivity (Wildman–Crippen MR) is 76.2 cm³/mol. The van der Waals surface area contributed by atoms with E-state index in [0.717, 1.165) is 5.56 Å². The number of carboxylic acids is 2. The van der Waals surface area contributed by atoms with Gasteiger partial charge in [0, 0.05) is 12.1 Å². The third-order valence-electron chi connectivity index (χ3n) is 2.76. The summed E-state index contributed by atoms with van der Waals surface area (Å²) in [5.41, 5.74) is 1.52. The summed E-state index contributed by atoms with van der Waals surface area (Å²) in [7, 11) is 0. The summed E-state index contributed by atoms with van der Waals surface area (Å²) in [5, 5.41) is 22.4. The lowest BCUT2D eigenvalue weighted by molar-refractivity contribution is -0.140. The van der Waals surface area contributed by atoms with Crippen LogP contribution < -0.4 is 10.6 Å². The monoisotopic (exact) mass is 294 g/mol. The van der Waals surface area contributed by atoms with Crippen LogP contribution in [0.5, 0.6) is 0 Å². The molecule has 0 fully saturated rings. The lowest BCUT2D eigenvalue weighted by atomic mass is 10.1. The van der Waals surface area contributed by atoms with Gasteiger partial charge in [0.25, 0.3) is 0 Å². The Kier molecular flexibility index (Phi) is 6.19. The molecule has 0 aliphatic carbocycles. The predicted octanol–water partition coefficient (Wildman–Crippen LogP) is 1.82. The van der Waals surface area contributed by atoms with Crippen molar-refractivity contribution in [2.24, 2.45) is 0 Å². The van der Waals surface area contributed by atoms with Gasteiger partial charge in [0.2, 0.25) is 0 Å². The number of rotatable bonds is 7. The first-order valence-electron chi connectivity index (χ1n) is 6.47. The summed E-state index contributed by atoms with van der Waals surface area (Å²) >= 11 is 0. The highest BCUT2D eigenvalue weighted by Gasteiger charge is 2.19. The Morgan fingerprint density at radius 1 is 1.24 bits per heavy atom. The summed E-state index contributed by atoms with van der Waals surface area (Å²) in [6.45, 7) is 1.87. The number of anilines is 1. The number of benzene rings is 1. The fraction of sp³-hybridized carbons (Fsp3) is 0.357. The summed E-state index contributed by atoms with van der Waals surface area (Å²) in [4.78, 5) is 33.2. The van der Waals surface area contributed by atoms with Crippen molar-refractivity contribution < 1.29 is 24.6 Å². The quantitative estimate of drug-likeness (QED) is 0.612. The Labute approximate surface area is 122 Å². The van der Waals surface area contributed by atoms with Crippen molar-refractivity contribution in [3.05, 3.63) is 29.8 Å². The molecule has 0 spiro atoms. The van der Waals surface area contributed by atoms with Crippen LogP contribution >= 0.6 is 0 Å².